The maximum Gasteiger partial charge on any atom is 0.426 e. The van der Waals surface area contributed by atoms with Crippen molar-refractivity contribution in [2.24, 2.45) is 0 Å². The molecule has 1 aliphatic rings. The van der Waals surface area contributed by atoms with E-state index in [-0.39, 0.29) is 19.8 Å². The molecule has 0 bridgehead atoms. The lowest BCUT2D eigenvalue weighted by molar-refractivity contribution is -0.268. The van der Waals surface area contributed by atoms with Crippen molar-refractivity contribution in [2.45, 2.75) is 37.3 Å². The van der Waals surface area contributed by atoms with Gasteiger partial charge in [0.1, 0.15) is 12.2 Å². The predicted octanol–water partition coefficient (Wildman–Crippen LogP) is 1.01. The van der Waals surface area contributed by atoms with Gasteiger partial charge in [-0.05, 0) is 6.92 Å². The molecule has 1 amide bonds. The van der Waals surface area contributed by atoms with Gasteiger partial charge in [-0.25, -0.2) is 9.18 Å². The van der Waals surface area contributed by atoms with E-state index in [2.05, 4.69) is 0 Å². The molecule has 7 nitrogen and oxygen atoms in total. The van der Waals surface area contributed by atoms with E-state index in [0.717, 1.165) is 0 Å². The summed E-state index contributed by atoms with van der Waals surface area (Å²) in [7, 11) is 1.42. The number of hydrogen-bond acceptors (Lipinski definition) is 5. The van der Waals surface area contributed by atoms with Gasteiger partial charge >= 0.3 is 12.1 Å². The molecule has 1 aliphatic heterocycles. The minimum Gasteiger partial charge on any atom is -0.480 e. The van der Waals surface area contributed by atoms with Crippen LogP contribution in [0.5, 0.6) is 0 Å². The van der Waals surface area contributed by atoms with E-state index < -0.39 is 55.4 Å². The van der Waals surface area contributed by atoms with Crippen molar-refractivity contribution in [3.8, 4) is 0 Å². The Morgan fingerprint density at radius 1 is 1.20 bits per heavy atom. The molecule has 0 aromatic heterocycles. The number of carboxylic acids is 1. The molecular formula is C14H21F4NO6. The van der Waals surface area contributed by atoms with Gasteiger partial charge in [-0.15, -0.1) is 0 Å². The minimum absolute atomic E-state index is 0.132. The highest BCUT2D eigenvalue weighted by Gasteiger charge is 2.61. The van der Waals surface area contributed by atoms with Crippen LogP contribution in [0.2, 0.25) is 0 Å². The Hall–Kier alpha value is -1.46. The minimum atomic E-state index is -5.12. The van der Waals surface area contributed by atoms with Crippen molar-refractivity contribution >= 4 is 11.9 Å². The second-order valence-corrected chi connectivity index (χ2v) is 5.63. The Morgan fingerprint density at radius 2 is 1.80 bits per heavy atom. The molecule has 0 aromatic rings. The Kier molecular flexibility index (Phi) is 7.57. The fourth-order valence-corrected chi connectivity index (χ4v) is 2.33. The quantitative estimate of drug-likeness (QED) is 0.478. The molecule has 0 aromatic carbocycles. The van der Waals surface area contributed by atoms with Crippen LogP contribution in [0.15, 0.2) is 0 Å². The molecule has 3 atom stereocenters. The van der Waals surface area contributed by atoms with Crippen LogP contribution in [0.4, 0.5) is 17.6 Å². The van der Waals surface area contributed by atoms with Crippen LogP contribution in [0.3, 0.4) is 0 Å². The number of hydrogen-bond donors (Lipinski definition) is 1. The van der Waals surface area contributed by atoms with Crippen LogP contribution < -0.4 is 0 Å². The van der Waals surface area contributed by atoms with Crippen molar-refractivity contribution in [1.82, 2.24) is 4.90 Å². The van der Waals surface area contributed by atoms with E-state index in [1.807, 2.05) is 0 Å². The van der Waals surface area contributed by atoms with Gasteiger partial charge in [0.15, 0.2) is 0 Å². The highest BCUT2D eigenvalue weighted by molar-refractivity contribution is 5.90. The fourth-order valence-electron chi connectivity index (χ4n) is 2.33. The van der Waals surface area contributed by atoms with Gasteiger partial charge in [0.2, 0.25) is 5.60 Å². The first kappa shape index (κ1) is 21.6. The van der Waals surface area contributed by atoms with Crippen molar-refractivity contribution in [3.63, 3.8) is 0 Å². The number of nitrogens with zero attached hydrogens (tertiary/aromatic N) is 1. The van der Waals surface area contributed by atoms with E-state index in [9.17, 15) is 27.2 Å². The highest BCUT2D eigenvalue weighted by atomic mass is 19.4. The Bertz CT molecular complexity index is 475. The third-order valence-electron chi connectivity index (χ3n) is 3.80. The average molecular weight is 375 g/mol. The molecule has 25 heavy (non-hydrogen) atoms. The zero-order chi connectivity index (χ0) is 19.3. The summed E-state index contributed by atoms with van der Waals surface area (Å²) in [5.74, 6) is -3.20. The summed E-state index contributed by atoms with van der Waals surface area (Å²) in [5, 5.41) is 9.00. The maximum absolute atomic E-state index is 13.4. The summed E-state index contributed by atoms with van der Waals surface area (Å²) < 4.78 is 68.0. The van der Waals surface area contributed by atoms with Crippen LogP contribution in [0.1, 0.15) is 13.3 Å². The predicted molar refractivity (Wildman–Crippen MR) is 75.8 cm³/mol. The van der Waals surface area contributed by atoms with Crippen molar-refractivity contribution < 1.29 is 46.5 Å². The highest BCUT2D eigenvalue weighted by Crippen LogP contribution is 2.37. The van der Waals surface area contributed by atoms with Crippen LogP contribution in [-0.2, 0) is 23.8 Å². The molecule has 0 saturated carbocycles. The first-order chi connectivity index (χ1) is 11.5. The third kappa shape index (κ3) is 5.25. The number of alkyl halides is 4. The van der Waals surface area contributed by atoms with E-state index in [1.54, 1.807) is 0 Å². The zero-order valence-corrected chi connectivity index (χ0v) is 13.8. The van der Waals surface area contributed by atoms with E-state index in [0.29, 0.717) is 11.8 Å². The standard InChI is InChI=1S/C14H21F4NO6/c1-13(14(16,17)18,25-6-5-24-4-3-23-2)12(22)19-8-9(15)7-10(19)11(20)21/h9-10H,3-8H2,1-2H3,(H,20,21)/t9-,10+,13-/m1/s1. The number of rotatable bonds is 9. The van der Waals surface area contributed by atoms with Crippen LogP contribution >= 0.6 is 0 Å². The topological polar surface area (TPSA) is 85.3 Å². The molecule has 1 saturated heterocycles. The summed E-state index contributed by atoms with van der Waals surface area (Å²) in [6.45, 7) is -0.647. The number of ether oxygens (including phenoxy) is 3. The molecule has 1 N–H and O–H groups in total. The second kappa shape index (κ2) is 8.77. The summed E-state index contributed by atoms with van der Waals surface area (Å²) in [6.07, 6.45) is -7.39. The largest absolute Gasteiger partial charge is 0.480 e. The number of carbonyl (C=O) groups is 2. The summed E-state index contributed by atoms with van der Waals surface area (Å²) in [5.41, 5.74) is -3.30. The van der Waals surface area contributed by atoms with Gasteiger partial charge in [0, 0.05) is 13.5 Å². The van der Waals surface area contributed by atoms with Crippen molar-refractivity contribution in [1.29, 1.82) is 0 Å². The normalized spacial score (nSPS) is 23.5. The monoisotopic (exact) mass is 375 g/mol. The molecule has 0 aliphatic carbocycles. The Balaban J connectivity index is 2.83. The van der Waals surface area contributed by atoms with Crippen molar-refractivity contribution in [2.75, 3.05) is 40.1 Å². The number of amides is 1. The number of likely N-dealkylation sites (tertiary alicyclic amines) is 1. The first-order valence-electron chi connectivity index (χ1n) is 7.50. The lowest BCUT2D eigenvalue weighted by atomic mass is 10.0. The SMILES string of the molecule is COCCOCCO[C@](C)(C(=O)N1C[C@H](F)C[C@H]1C(=O)O)C(F)(F)F. The molecule has 1 fully saturated rings. The number of methoxy groups -OCH3 is 1. The molecule has 0 radical (unpaired) electrons. The van der Waals surface area contributed by atoms with E-state index in [1.165, 1.54) is 7.11 Å². The second-order valence-electron chi connectivity index (χ2n) is 5.63. The van der Waals surface area contributed by atoms with Crippen LogP contribution in [-0.4, -0.2) is 86.0 Å². The smallest absolute Gasteiger partial charge is 0.426 e. The lowest BCUT2D eigenvalue weighted by Crippen LogP contribution is -2.60. The maximum atomic E-state index is 13.4. The van der Waals surface area contributed by atoms with Gasteiger partial charge in [-0.1, -0.05) is 0 Å². The Labute approximate surface area is 141 Å². The molecule has 11 heteroatoms. The zero-order valence-electron chi connectivity index (χ0n) is 13.8. The van der Waals surface area contributed by atoms with E-state index in [4.69, 9.17) is 19.3 Å². The molecule has 1 rings (SSSR count). The molecular weight excluding hydrogens is 354 g/mol. The summed E-state index contributed by atoms with van der Waals surface area (Å²) >= 11 is 0. The summed E-state index contributed by atoms with van der Waals surface area (Å²) in [6, 6.07) is -1.66. The molecule has 0 spiro atoms. The number of halogens is 4. The molecule has 0 unspecified atom stereocenters. The number of carboxylic acid groups (broad SMARTS) is 1. The number of aliphatic carboxylic acids is 1. The van der Waals surface area contributed by atoms with Crippen molar-refractivity contribution in [3.05, 3.63) is 0 Å². The van der Waals surface area contributed by atoms with Crippen LogP contribution in [0, 0.1) is 0 Å². The fraction of sp³-hybridized carbons (Fsp3) is 0.857. The van der Waals surface area contributed by atoms with Gasteiger partial charge in [0.05, 0.1) is 33.0 Å². The number of carbonyl (C=O) groups excluding carboxylic acids is 1. The average Bonchev–Trinajstić information content (AvgIpc) is 2.90. The third-order valence-corrected chi connectivity index (χ3v) is 3.80. The van der Waals surface area contributed by atoms with E-state index >= 15 is 0 Å². The van der Waals surface area contributed by atoms with Gasteiger partial charge in [0.25, 0.3) is 5.91 Å². The Morgan fingerprint density at radius 3 is 2.32 bits per heavy atom. The molecule has 1 heterocycles. The lowest BCUT2D eigenvalue weighted by Gasteiger charge is -2.35. The van der Waals surface area contributed by atoms with Gasteiger partial charge in [-0.2, -0.15) is 13.2 Å². The first-order valence-corrected chi connectivity index (χ1v) is 7.50. The van der Waals surface area contributed by atoms with Gasteiger partial charge < -0.3 is 24.2 Å². The molecule has 146 valence electrons. The van der Waals surface area contributed by atoms with Gasteiger partial charge in [-0.3, -0.25) is 4.79 Å². The van der Waals surface area contributed by atoms with Crippen LogP contribution in [0.25, 0.3) is 0 Å². The summed E-state index contributed by atoms with van der Waals surface area (Å²) in [4.78, 5) is 23.8.